The summed E-state index contributed by atoms with van der Waals surface area (Å²) in [7, 11) is 0. The minimum absolute atomic E-state index is 0. The van der Waals surface area contributed by atoms with Gasteiger partial charge in [-0.2, -0.15) is 0 Å². The molecule has 1 aliphatic heterocycles. The van der Waals surface area contributed by atoms with Crippen LogP contribution in [0.2, 0.25) is 0 Å². The normalized spacial score (nSPS) is 15.6. The van der Waals surface area contributed by atoms with Crippen LogP contribution in [0.5, 0.6) is 0 Å². The van der Waals surface area contributed by atoms with Crippen LogP contribution in [0.4, 0.5) is 0 Å². The molecule has 3 aromatic rings. The van der Waals surface area contributed by atoms with Gasteiger partial charge >= 0.3 is 0 Å². The number of hydrogen-bond acceptors (Lipinski definition) is 0. The molecule has 0 bridgehead atoms. The van der Waals surface area contributed by atoms with Crippen molar-refractivity contribution in [3.05, 3.63) is 59.2 Å². The van der Waals surface area contributed by atoms with Gasteiger partial charge in [0.25, 0.3) is 0 Å². The van der Waals surface area contributed by atoms with Crippen molar-refractivity contribution < 1.29 is 16.9 Å². The summed E-state index contributed by atoms with van der Waals surface area (Å²) in [5.41, 5.74) is 4.68. The van der Waals surface area contributed by atoms with Gasteiger partial charge < -0.3 is 16.9 Å². The molecule has 0 saturated heterocycles. The first-order chi connectivity index (χ1) is 10.7. The van der Waals surface area contributed by atoms with Crippen LogP contribution < -0.4 is 12.4 Å². The lowest BCUT2D eigenvalue weighted by Crippen LogP contribution is -3.00. The number of benzene rings is 3. The van der Waals surface area contributed by atoms with E-state index in [0.717, 1.165) is 0 Å². The summed E-state index contributed by atoms with van der Waals surface area (Å²) in [5, 5.41) is 5.61. The van der Waals surface area contributed by atoms with E-state index in [1.54, 1.807) is 11.1 Å². The van der Waals surface area contributed by atoms with Crippen molar-refractivity contribution in [2.24, 2.45) is 0 Å². The van der Waals surface area contributed by atoms with Crippen LogP contribution in [0.25, 0.3) is 21.5 Å². The lowest BCUT2D eigenvalue weighted by molar-refractivity contribution is -0.944. The second-order valence-corrected chi connectivity index (χ2v) is 6.81. The molecule has 0 fully saturated rings. The van der Waals surface area contributed by atoms with E-state index in [9.17, 15) is 0 Å². The molecule has 0 unspecified atom stereocenters. The van der Waals surface area contributed by atoms with Crippen molar-refractivity contribution in [3.8, 4) is 0 Å². The molecule has 4 rings (SSSR count). The van der Waals surface area contributed by atoms with Crippen LogP contribution >= 0.6 is 0 Å². The molecule has 120 valence electrons. The zero-order valence-corrected chi connectivity index (χ0v) is 15.0. The standard InChI is InChI=1S/C21H24N.ClH/c1-4-22(5-2)13-17-12-20-18(15(3)21(17)14-22)11-10-16-8-6-7-9-19(16)20;/h6-12H,4-5,13-14H2,1-3H3;1H/q+1;/p-1. The lowest BCUT2D eigenvalue weighted by atomic mass is 9.93. The van der Waals surface area contributed by atoms with Crippen molar-refractivity contribution in [3.63, 3.8) is 0 Å². The predicted octanol–water partition coefficient (Wildman–Crippen LogP) is 2.18. The van der Waals surface area contributed by atoms with Gasteiger partial charge in [-0.1, -0.05) is 36.4 Å². The van der Waals surface area contributed by atoms with Crippen molar-refractivity contribution in [2.75, 3.05) is 13.1 Å². The van der Waals surface area contributed by atoms with Gasteiger partial charge in [0.05, 0.1) is 13.1 Å². The minimum Gasteiger partial charge on any atom is -1.00 e. The number of hydrogen-bond donors (Lipinski definition) is 0. The highest BCUT2D eigenvalue weighted by molar-refractivity contribution is 6.09. The number of quaternary nitrogens is 1. The molecule has 3 aromatic carbocycles. The Bertz CT molecular complexity index is 878. The maximum atomic E-state index is 2.48. The summed E-state index contributed by atoms with van der Waals surface area (Å²) in [6.45, 7) is 11.8. The molecule has 2 heteroatoms. The summed E-state index contributed by atoms with van der Waals surface area (Å²) in [6.07, 6.45) is 0. The third kappa shape index (κ3) is 2.34. The van der Waals surface area contributed by atoms with Gasteiger partial charge in [-0.3, -0.25) is 0 Å². The average molecular weight is 326 g/mol. The molecule has 0 aliphatic carbocycles. The van der Waals surface area contributed by atoms with Gasteiger partial charge in [-0.15, -0.1) is 0 Å². The fourth-order valence-electron chi connectivity index (χ4n) is 4.23. The minimum atomic E-state index is 0. The number of rotatable bonds is 2. The largest absolute Gasteiger partial charge is 1.00 e. The molecule has 23 heavy (non-hydrogen) atoms. The average Bonchev–Trinajstić information content (AvgIpc) is 2.95. The van der Waals surface area contributed by atoms with Crippen LogP contribution in [0.1, 0.15) is 30.5 Å². The van der Waals surface area contributed by atoms with Crippen molar-refractivity contribution >= 4 is 21.5 Å². The van der Waals surface area contributed by atoms with E-state index in [1.165, 1.54) is 57.8 Å². The summed E-state index contributed by atoms with van der Waals surface area (Å²) < 4.78 is 1.21. The Kier molecular flexibility index (Phi) is 4.12. The Balaban J connectivity index is 0.00000156. The first kappa shape index (κ1) is 16.3. The zero-order valence-electron chi connectivity index (χ0n) is 14.2. The van der Waals surface area contributed by atoms with Crippen LogP contribution in [-0.2, 0) is 13.1 Å². The van der Waals surface area contributed by atoms with E-state index in [4.69, 9.17) is 0 Å². The third-order valence-corrected chi connectivity index (χ3v) is 5.87. The molecular formula is C21H24ClN. The number of halogens is 1. The van der Waals surface area contributed by atoms with E-state index in [2.05, 4.69) is 63.2 Å². The Hall–Kier alpha value is -1.57. The van der Waals surface area contributed by atoms with Gasteiger partial charge in [0.2, 0.25) is 0 Å². The molecule has 0 spiro atoms. The van der Waals surface area contributed by atoms with E-state index in [-0.39, 0.29) is 12.4 Å². The van der Waals surface area contributed by atoms with Crippen molar-refractivity contribution in [2.45, 2.75) is 33.9 Å². The molecule has 0 atom stereocenters. The quantitative estimate of drug-likeness (QED) is 0.500. The zero-order chi connectivity index (χ0) is 15.3. The van der Waals surface area contributed by atoms with Gasteiger partial charge in [-0.05, 0) is 53.9 Å². The molecular weight excluding hydrogens is 302 g/mol. The van der Waals surface area contributed by atoms with E-state index in [1.807, 2.05) is 0 Å². The summed E-state index contributed by atoms with van der Waals surface area (Å²) in [5.74, 6) is 0. The van der Waals surface area contributed by atoms with Gasteiger partial charge in [0.1, 0.15) is 13.1 Å². The fourth-order valence-corrected chi connectivity index (χ4v) is 4.23. The number of fused-ring (bicyclic) bond motifs is 4. The molecule has 0 N–H and O–H groups in total. The van der Waals surface area contributed by atoms with Crippen LogP contribution in [0.15, 0.2) is 42.5 Å². The second-order valence-electron chi connectivity index (χ2n) is 6.81. The Morgan fingerprint density at radius 2 is 1.61 bits per heavy atom. The summed E-state index contributed by atoms with van der Waals surface area (Å²) >= 11 is 0. The van der Waals surface area contributed by atoms with Gasteiger partial charge in [0, 0.05) is 11.1 Å². The van der Waals surface area contributed by atoms with E-state index >= 15 is 0 Å². The predicted molar refractivity (Wildman–Crippen MR) is 94.9 cm³/mol. The number of nitrogens with zero attached hydrogens (tertiary/aromatic N) is 1. The van der Waals surface area contributed by atoms with Crippen molar-refractivity contribution in [1.82, 2.24) is 0 Å². The SMILES string of the molecule is CC[N+]1(CC)Cc2cc3c(ccc4ccccc43)c(C)c2C1.[Cl-]. The highest BCUT2D eigenvalue weighted by atomic mass is 35.5. The Morgan fingerprint density at radius 3 is 2.35 bits per heavy atom. The van der Waals surface area contributed by atoms with E-state index in [0.29, 0.717) is 0 Å². The Morgan fingerprint density at radius 1 is 0.870 bits per heavy atom. The maximum Gasteiger partial charge on any atom is 0.105 e. The molecule has 0 radical (unpaired) electrons. The Labute approximate surface area is 144 Å². The molecule has 0 aromatic heterocycles. The van der Waals surface area contributed by atoms with E-state index < -0.39 is 0 Å². The van der Waals surface area contributed by atoms with Crippen LogP contribution in [0, 0.1) is 6.92 Å². The maximum absolute atomic E-state index is 2.48. The molecule has 1 aliphatic rings. The summed E-state index contributed by atoms with van der Waals surface area (Å²) in [4.78, 5) is 0. The summed E-state index contributed by atoms with van der Waals surface area (Å²) in [6, 6.07) is 15.8. The first-order valence-electron chi connectivity index (χ1n) is 8.45. The van der Waals surface area contributed by atoms with Gasteiger partial charge in [0.15, 0.2) is 0 Å². The van der Waals surface area contributed by atoms with Crippen LogP contribution in [-0.4, -0.2) is 17.6 Å². The molecule has 0 amide bonds. The van der Waals surface area contributed by atoms with Crippen LogP contribution in [0.3, 0.4) is 0 Å². The lowest BCUT2D eigenvalue weighted by Gasteiger charge is -2.31. The monoisotopic (exact) mass is 325 g/mol. The highest BCUT2D eigenvalue weighted by Crippen LogP contribution is 2.38. The molecule has 0 saturated carbocycles. The molecule has 1 nitrogen and oxygen atoms in total. The first-order valence-corrected chi connectivity index (χ1v) is 8.45. The smallest absolute Gasteiger partial charge is 0.105 e. The third-order valence-electron chi connectivity index (χ3n) is 5.87. The van der Waals surface area contributed by atoms with Gasteiger partial charge in [-0.25, -0.2) is 0 Å². The fraction of sp³-hybridized carbons (Fsp3) is 0.333. The molecule has 1 heterocycles. The number of aryl methyl sites for hydroxylation is 1. The highest BCUT2D eigenvalue weighted by Gasteiger charge is 2.34. The van der Waals surface area contributed by atoms with Crippen molar-refractivity contribution in [1.29, 1.82) is 0 Å². The second kappa shape index (κ2) is 5.81. The topological polar surface area (TPSA) is 0 Å².